The number of hydrogen-bond acceptors (Lipinski definition) is 4. The van der Waals surface area contributed by atoms with Crippen molar-refractivity contribution in [3.63, 3.8) is 0 Å². The van der Waals surface area contributed by atoms with Crippen molar-refractivity contribution in [1.29, 1.82) is 0 Å². The van der Waals surface area contributed by atoms with Crippen molar-refractivity contribution in [2.45, 2.75) is 13.5 Å². The van der Waals surface area contributed by atoms with E-state index in [2.05, 4.69) is 20.4 Å². The first-order valence-corrected chi connectivity index (χ1v) is 8.79. The Hall–Kier alpha value is -3.25. The van der Waals surface area contributed by atoms with Crippen LogP contribution in [0.25, 0.3) is 16.9 Å². The molecule has 0 bridgehead atoms. The van der Waals surface area contributed by atoms with Crippen LogP contribution in [0.5, 0.6) is 0 Å². The van der Waals surface area contributed by atoms with Gasteiger partial charge in [0, 0.05) is 18.0 Å². The standard InChI is InChI=1S/C20H16ClN5O/c1-13-4-6-14(7-5-13)19-16(26-18(24-19)9-8-17(21)25-26)12-23-20(27)15-3-2-10-22-11-15/h2-11H,12H2,1H3,(H,23,27). The number of nitrogens with zero attached hydrogens (tertiary/aromatic N) is 4. The predicted molar refractivity (Wildman–Crippen MR) is 104 cm³/mol. The van der Waals surface area contributed by atoms with Crippen molar-refractivity contribution in [1.82, 2.24) is 24.9 Å². The summed E-state index contributed by atoms with van der Waals surface area (Å²) in [5.74, 6) is -0.213. The number of carbonyl (C=O) groups excluding carboxylic acids is 1. The molecule has 0 fully saturated rings. The van der Waals surface area contributed by atoms with E-state index in [9.17, 15) is 4.79 Å². The second-order valence-electron chi connectivity index (χ2n) is 6.12. The lowest BCUT2D eigenvalue weighted by atomic mass is 10.1. The number of benzene rings is 1. The Morgan fingerprint density at radius 2 is 1.96 bits per heavy atom. The highest BCUT2D eigenvalue weighted by Gasteiger charge is 2.17. The quantitative estimate of drug-likeness (QED) is 0.588. The number of halogens is 1. The van der Waals surface area contributed by atoms with Crippen molar-refractivity contribution < 1.29 is 4.79 Å². The first-order valence-electron chi connectivity index (χ1n) is 8.41. The third-order valence-corrected chi connectivity index (χ3v) is 4.40. The molecule has 7 heteroatoms. The molecule has 0 saturated heterocycles. The molecule has 6 nitrogen and oxygen atoms in total. The van der Waals surface area contributed by atoms with Crippen LogP contribution >= 0.6 is 11.6 Å². The van der Waals surface area contributed by atoms with E-state index in [0.29, 0.717) is 16.4 Å². The van der Waals surface area contributed by atoms with Crippen molar-refractivity contribution in [2.75, 3.05) is 0 Å². The van der Waals surface area contributed by atoms with Crippen LogP contribution in [-0.4, -0.2) is 25.5 Å². The summed E-state index contributed by atoms with van der Waals surface area (Å²) in [6, 6.07) is 15.0. The maximum absolute atomic E-state index is 12.4. The van der Waals surface area contributed by atoms with E-state index in [1.807, 2.05) is 31.2 Å². The first-order chi connectivity index (χ1) is 13.1. The van der Waals surface area contributed by atoms with E-state index < -0.39 is 0 Å². The Morgan fingerprint density at radius 1 is 1.15 bits per heavy atom. The summed E-state index contributed by atoms with van der Waals surface area (Å²) < 4.78 is 1.67. The molecule has 0 atom stereocenters. The van der Waals surface area contributed by atoms with Gasteiger partial charge in [0.25, 0.3) is 5.91 Å². The van der Waals surface area contributed by atoms with Gasteiger partial charge < -0.3 is 5.32 Å². The van der Waals surface area contributed by atoms with Crippen LogP contribution < -0.4 is 5.32 Å². The SMILES string of the molecule is Cc1ccc(-c2nc3ccc(Cl)nn3c2CNC(=O)c2cccnc2)cc1. The fourth-order valence-electron chi connectivity index (χ4n) is 2.82. The fraction of sp³-hybridized carbons (Fsp3) is 0.100. The van der Waals surface area contributed by atoms with Gasteiger partial charge in [-0.25, -0.2) is 9.50 Å². The topological polar surface area (TPSA) is 72.2 Å². The molecule has 0 aliphatic heterocycles. The van der Waals surface area contributed by atoms with Crippen LogP contribution in [0.3, 0.4) is 0 Å². The van der Waals surface area contributed by atoms with Gasteiger partial charge >= 0.3 is 0 Å². The van der Waals surface area contributed by atoms with E-state index in [4.69, 9.17) is 11.6 Å². The number of nitrogens with one attached hydrogen (secondary N) is 1. The fourth-order valence-corrected chi connectivity index (χ4v) is 2.96. The summed E-state index contributed by atoms with van der Waals surface area (Å²) in [4.78, 5) is 21.1. The summed E-state index contributed by atoms with van der Waals surface area (Å²) in [5.41, 5.74) is 4.79. The summed E-state index contributed by atoms with van der Waals surface area (Å²) in [7, 11) is 0. The number of hydrogen-bond donors (Lipinski definition) is 1. The number of aromatic nitrogens is 4. The van der Waals surface area contributed by atoms with Crippen LogP contribution in [0.1, 0.15) is 21.6 Å². The molecule has 0 unspecified atom stereocenters. The van der Waals surface area contributed by atoms with Crippen LogP contribution in [0, 0.1) is 6.92 Å². The molecule has 27 heavy (non-hydrogen) atoms. The van der Waals surface area contributed by atoms with Crippen molar-refractivity contribution in [2.24, 2.45) is 0 Å². The summed E-state index contributed by atoms with van der Waals surface area (Å²) in [6.45, 7) is 2.29. The third kappa shape index (κ3) is 3.52. The molecule has 4 aromatic rings. The molecular weight excluding hydrogens is 362 g/mol. The Labute approximate surface area is 160 Å². The number of aryl methyl sites for hydroxylation is 1. The highest BCUT2D eigenvalue weighted by Crippen LogP contribution is 2.25. The average molecular weight is 378 g/mol. The van der Waals surface area contributed by atoms with E-state index in [0.717, 1.165) is 22.5 Å². The minimum atomic E-state index is -0.213. The van der Waals surface area contributed by atoms with Crippen molar-refractivity contribution in [3.05, 3.63) is 82.9 Å². The Kier molecular flexibility index (Phi) is 4.56. The molecule has 134 valence electrons. The molecule has 0 spiro atoms. The molecule has 3 heterocycles. The van der Waals surface area contributed by atoms with Crippen molar-refractivity contribution in [3.8, 4) is 11.3 Å². The van der Waals surface area contributed by atoms with Gasteiger partial charge in [-0.1, -0.05) is 41.4 Å². The number of fused-ring (bicyclic) bond motifs is 1. The average Bonchev–Trinajstić information content (AvgIpc) is 3.05. The zero-order valence-corrected chi connectivity index (χ0v) is 15.3. The van der Waals surface area contributed by atoms with Crippen LogP contribution in [0.4, 0.5) is 0 Å². The molecule has 4 rings (SSSR count). The summed E-state index contributed by atoms with van der Waals surface area (Å²) in [5, 5.41) is 7.61. The zero-order valence-electron chi connectivity index (χ0n) is 14.6. The van der Waals surface area contributed by atoms with E-state index in [1.165, 1.54) is 6.20 Å². The predicted octanol–water partition coefficient (Wildman–Crippen LogP) is 3.68. The number of carbonyl (C=O) groups is 1. The second kappa shape index (κ2) is 7.17. The summed E-state index contributed by atoms with van der Waals surface area (Å²) in [6.07, 6.45) is 3.16. The lowest BCUT2D eigenvalue weighted by Crippen LogP contribution is -2.24. The second-order valence-corrected chi connectivity index (χ2v) is 6.51. The minimum Gasteiger partial charge on any atom is -0.346 e. The smallest absolute Gasteiger partial charge is 0.253 e. The third-order valence-electron chi connectivity index (χ3n) is 4.20. The van der Waals surface area contributed by atoms with Gasteiger partial charge in [-0.2, -0.15) is 5.10 Å². The van der Waals surface area contributed by atoms with Gasteiger partial charge in [0.2, 0.25) is 0 Å². The van der Waals surface area contributed by atoms with Gasteiger partial charge in [0.1, 0.15) is 5.15 Å². The van der Waals surface area contributed by atoms with Gasteiger partial charge in [0.05, 0.1) is 23.5 Å². The molecule has 0 aliphatic carbocycles. The largest absolute Gasteiger partial charge is 0.346 e. The zero-order chi connectivity index (χ0) is 18.8. The number of amides is 1. The first kappa shape index (κ1) is 17.2. The number of imidazole rings is 1. The molecule has 0 aliphatic rings. The molecule has 1 N–H and O–H groups in total. The van der Waals surface area contributed by atoms with Crippen LogP contribution in [-0.2, 0) is 6.54 Å². The normalized spacial score (nSPS) is 10.9. The minimum absolute atomic E-state index is 0.213. The highest BCUT2D eigenvalue weighted by molar-refractivity contribution is 6.29. The van der Waals surface area contributed by atoms with Gasteiger partial charge in [0.15, 0.2) is 5.65 Å². The molecule has 0 radical (unpaired) electrons. The highest BCUT2D eigenvalue weighted by atomic mass is 35.5. The number of pyridine rings is 1. The lowest BCUT2D eigenvalue weighted by molar-refractivity contribution is 0.0950. The molecule has 3 aromatic heterocycles. The molecular formula is C20H16ClN5O. The molecule has 1 aromatic carbocycles. The van der Waals surface area contributed by atoms with Gasteiger partial charge in [-0.05, 0) is 31.2 Å². The maximum Gasteiger partial charge on any atom is 0.253 e. The van der Waals surface area contributed by atoms with Crippen molar-refractivity contribution >= 4 is 23.2 Å². The van der Waals surface area contributed by atoms with E-state index >= 15 is 0 Å². The molecule has 1 amide bonds. The van der Waals surface area contributed by atoms with E-state index in [1.54, 1.807) is 35.0 Å². The van der Waals surface area contributed by atoms with Crippen LogP contribution in [0.2, 0.25) is 5.15 Å². The van der Waals surface area contributed by atoms with Crippen LogP contribution in [0.15, 0.2) is 60.9 Å². The van der Waals surface area contributed by atoms with Gasteiger partial charge in [-0.3, -0.25) is 9.78 Å². The Bertz CT molecular complexity index is 1110. The molecule has 0 saturated carbocycles. The monoisotopic (exact) mass is 377 g/mol. The van der Waals surface area contributed by atoms with E-state index in [-0.39, 0.29) is 12.5 Å². The van der Waals surface area contributed by atoms with Gasteiger partial charge in [-0.15, -0.1) is 0 Å². The summed E-state index contributed by atoms with van der Waals surface area (Å²) >= 11 is 6.07. The lowest BCUT2D eigenvalue weighted by Gasteiger charge is -2.07. The number of rotatable bonds is 4. The Morgan fingerprint density at radius 3 is 2.70 bits per heavy atom. The maximum atomic E-state index is 12.4. The Balaban J connectivity index is 1.73.